The SMILES string of the molecule is CC(C)(C)OC(=O)n1cc(C2OC(C)(C)C(C)(C)O2)c2ccccc21. The van der Waals surface area contributed by atoms with Crippen molar-refractivity contribution >= 4 is 17.0 Å². The number of nitrogens with zero attached hydrogens (tertiary/aromatic N) is 1. The van der Waals surface area contributed by atoms with E-state index >= 15 is 0 Å². The van der Waals surface area contributed by atoms with Crippen molar-refractivity contribution in [3.05, 3.63) is 36.0 Å². The maximum absolute atomic E-state index is 12.6. The third kappa shape index (κ3) is 3.18. The summed E-state index contributed by atoms with van der Waals surface area (Å²) in [5.74, 6) is 0. The molecule has 1 fully saturated rings. The molecular weight excluding hydrogens is 318 g/mol. The highest BCUT2D eigenvalue weighted by molar-refractivity contribution is 5.92. The molecule has 5 heteroatoms. The van der Waals surface area contributed by atoms with Crippen LogP contribution in [-0.2, 0) is 14.2 Å². The van der Waals surface area contributed by atoms with Crippen LogP contribution in [-0.4, -0.2) is 27.5 Å². The number of benzene rings is 1. The average Bonchev–Trinajstić information content (AvgIpc) is 2.92. The molecule has 1 aromatic carbocycles. The van der Waals surface area contributed by atoms with Crippen molar-refractivity contribution in [2.45, 2.75) is 71.6 Å². The van der Waals surface area contributed by atoms with E-state index in [2.05, 4.69) is 0 Å². The Balaban J connectivity index is 2.05. The molecular formula is C20H27NO4. The molecule has 1 aliphatic heterocycles. The minimum Gasteiger partial charge on any atom is -0.443 e. The van der Waals surface area contributed by atoms with E-state index in [1.807, 2.05) is 72.7 Å². The summed E-state index contributed by atoms with van der Waals surface area (Å²) in [5, 5.41) is 0.923. The first kappa shape index (κ1) is 18.0. The lowest BCUT2D eigenvalue weighted by Gasteiger charge is -2.30. The van der Waals surface area contributed by atoms with Crippen molar-refractivity contribution < 1.29 is 19.0 Å². The summed E-state index contributed by atoms with van der Waals surface area (Å²) >= 11 is 0. The van der Waals surface area contributed by atoms with Gasteiger partial charge in [-0.25, -0.2) is 4.79 Å². The van der Waals surface area contributed by atoms with Crippen LogP contribution >= 0.6 is 0 Å². The molecule has 0 atom stereocenters. The second-order valence-electron chi connectivity index (χ2n) is 8.54. The lowest BCUT2D eigenvalue weighted by Crippen LogP contribution is -2.41. The summed E-state index contributed by atoms with van der Waals surface area (Å²) in [5.41, 5.74) is 0.175. The molecule has 0 spiro atoms. The van der Waals surface area contributed by atoms with E-state index in [0.717, 1.165) is 16.5 Å². The maximum Gasteiger partial charge on any atom is 0.419 e. The molecule has 0 N–H and O–H groups in total. The maximum atomic E-state index is 12.6. The number of hydrogen-bond donors (Lipinski definition) is 0. The molecule has 0 bridgehead atoms. The first-order chi connectivity index (χ1) is 11.4. The van der Waals surface area contributed by atoms with Crippen molar-refractivity contribution in [2.24, 2.45) is 0 Å². The van der Waals surface area contributed by atoms with Crippen LogP contribution in [0.5, 0.6) is 0 Å². The fourth-order valence-corrected chi connectivity index (χ4v) is 2.83. The van der Waals surface area contributed by atoms with Gasteiger partial charge in [-0.3, -0.25) is 4.57 Å². The van der Waals surface area contributed by atoms with Crippen LogP contribution in [0, 0.1) is 0 Å². The van der Waals surface area contributed by atoms with Crippen LogP contribution in [0.3, 0.4) is 0 Å². The first-order valence-electron chi connectivity index (χ1n) is 8.60. The molecule has 2 heterocycles. The van der Waals surface area contributed by atoms with Gasteiger partial charge in [0.15, 0.2) is 6.29 Å². The first-order valence-corrected chi connectivity index (χ1v) is 8.60. The minimum absolute atomic E-state index is 0.411. The molecule has 1 saturated heterocycles. The highest BCUT2D eigenvalue weighted by Crippen LogP contribution is 2.46. The van der Waals surface area contributed by atoms with E-state index < -0.39 is 29.2 Å². The predicted octanol–water partition coefficient (Wildman–Crippen LogP) is 5.03. The van der Waals surface area contributed by atoms with Crippen LogP contribution in [0.1, 0.15) is 60.3 Å². The number of ether oxygens (including phenoxy) is 3. The second-order valence-corrected chi connectivity index (χ2v) is 8.54. The molecule has 25 heavy (non-hydrogen) atoms. The lowest BCUT2D eigenvalue weighted by molar-refractivity contribution is -0.0886. The molecule has 1 aromatic heterocycles. The van der Waals surface area contributed by atoms with Crippen molar-refractivity contribution in [2.75, 3.05) is 0 Å². The van der Waals surface area contributed by atoms with E-state index in [1.165, 1.54) is 4.57 Å². The molecule has 5 nitrogen and oxygen atoms in total. The van der Waals surface area contributed by atoms with E-state index in [0.29, 0.717) is 0 Å². The zero-order valence-electron chi connectivity index (χ0n) is 16.0. The van der Waals surface area contributed by atoms with Crippen molar-refractivity contribution in [1.29, 1.82) is 0 Å². The Morgan fingerprint density at radius 2 is 1.64 bits per heavy atom. The van der Waals surface area contributed by atoms with Crippen molar-refractivity contribution in [3.63, 3.8) is 0 Å². The predicted molar refractivity (Wildman–Crippen MR) is 96.6 cm³/mol. The summed E-state index contributed by atoms with van der Waals surface area (Å²) in [6.07, 6.45) is 0.825. The molecule has 0 saturated carbocycles. The summed E-state index contributed by atoms with van der Waals surface area (Å²) in [6, 6.07) is 7.71. The van der Waals surface area contributed by atoms with Crippen LogP contribution < -0.4 is 0 Å². The second kappa shape index (κ2) is 5.58. The molecule has 0 unspecified atom stereocenters. The standard InChI is InChI=1S/C20H27NO4/c1-18(2,3)25-17(22)21-12-14(13-10-8-9-11-15(13)21)16-23-19(4,5)20(6,7)24-16/h8-12,16H,1-7H3. The highest BCUT2D eigenvalue weighted by Gasteiger charge is 2.50. The van der Waals surface area contributed by atoms with Gasteiger partial charge in [-0.15, -0.1) is 0 Å². The third-order valence-corrected chi connectivity index (χ3v) is 4.84. The van der Waals surface area contributed by atoms with E-state index in [9.17, 15) is 4.79 Å². The Labute approximate surface area is 148 Å². The van der Waals surface area contributed by atoms with Gasteiger partial charge in [0.1, 0.15) is 5.60 Å². The summed E-state index contributed by atoms with van der Waals surface area (Å²) in [7, 11) is 0. The summed E-state index contributed by atoms with van der Waals surface area (Å²) in [6.45, 7) is 13.6. The average molecular weight is 345 g/mol. The van der Waals surface area contributed by atoms with Gasteiger partial charge in [-0.1, -0.05) is 18.2 Å². The van der Waals surface area contributed by atoms with Gasteiger partial charge in [-0.05, 0) is 54.5 Å². The van der Waals surface area contributed by atoms with Gasteiger partial charge < -0.3 is 14.2 Å². The van der Waals surface area contributed by atoms with Crippen molar-refractivity contribution in [1.82, 2.24) is 4.57 Å². The monoisotopic (exact) mass is 345 g/mol. The smallest absolute Gasteiger partial charge is 0.419 e. The summed E-state index contributed by atoms with van der Waals surface area (Å²) < 4.78 is 19.4. The molecule has 3 rings (SSSR count). The number of carbonyl (C=O) groups excluding carboxylic acids is 1. The molecule has 136 valence electrons. The number of fused-ring (bicyclic) bond motifs is 1. The van der Waals surface area contributed by atoms with Crippen LogP contribution in [0.4, 0.5) is 4.79 Å². The Kier molecular flexibility index (Phi) is 4.01. The topological polar surface area (TPSA) is 49.7 Å². The Morgan fingerprint density at radius 3 is 2.20 bits per heavy atom. The molecule has 1 aliphatic rings. The lowest BCUT2D eigenvalue weighted by atomic mass is 9.90. The van der Waals surface area contributed by atoms with Gasteiger partial charge in [0.2, 0.25) is 0 Å². The van der Waals surface area contributed by atoms with Gasteiger partial charge in [0.05, 0.1) is 16.7 Å². The molecule has 0 radical (unpaired) electrons. The fraction of sp³-hybridized carbons (Fsp3) is 0.550. The normalized spacial score (nSPS) is 20.1. The Hall–Kier alpha value is -1.85. The van der Waals surface area contributed by atoms with E-state index in [4.69, 9.17) is 14.2 Å². The van der Waals surface area contributed by atoms with Gasteiger partial charge in [0.25, 0.3) is 0 Å². The number of carbonyl (C=O) groups is 1. The summed E-state index contributed by atoms with van der Waals surface area (Å²) in [4.78, 5) is 12.6. The van der Waals surface area contributed by atoms with Crippen LogP contribution in [0.15, 0.2) is 30.5 Å². The number of aromatic nitrogens is 1. The minimum atomic E-state index is -0.563. The third-order valence-electron chi connectivity index (χ3n) is 4.84. The van der Waals surface area contributed by atoms with Crippen molar-refractivity contribution in [3.8, 4) is 0 Å². The van der Waals surface area contributed by atoms with Gasteiger partial charge >= 0.3 is 6.09 Å². The van der Waals surface area contributed by atoms with Crippen LogP contribution in [0.25, 0.3) is 10.9 Å². The Bertz CT molecular complexity index is 795. The largest absolute Gasteiger partial charge is 0.443 e. The zero-order valence-corrected chi connectivity index (χ0v) is 16.0. The highest BCUT2D eigenvalue weighted by atomic mass is 16.7. The van der Waals surface area contributed by atoms with E-state index in [-0.39, 0.29) is 0 Å². The molecule has 0 aliphatic carbocycles. The van der Waals surface area contributed by atoms with Gasteiger partial charge in [0, 0.05) is 17.1 Å². The number of hydrogen-bond acceptors (Lipinski definition) is 4. The van der Waals surface area contributed by atoms with Gasteiger partial charge in [-0.2, -0.15) is 0 Å². The molecule has 0 amide bonds. The number of para-hydroxylation sites is 1. The fourth-order valence-electron chi connectivity index (χ4n) is 2.83. The Morgan fingerprint density at radius 1 is 1.08 bits per heavy atom. The zero-order chi connectivity index (χ0) is 18.6. The molecule has 2 aromatic rings. The van der Waals surface area contributed by atoms with Crippen LogP contribution in [0.2, 0.25) is 0 Å². The number of rotatable bonds is 1. The van der Waals surface area contributed by atoms with E-state index in [1.54, 1.807) is 6.20 Å². The quantitative estimate of drug-likeness (QED) is 0.727.